The van der Waals surface area contributed by atoms with Crippen molar-refractivity contribution in [2.45, 2.75) is 197 Å². The molecule has 9 amide bonds. The number of nitrogens with two attached hydrogens (primary N) is 7. The van der Waals surface area contributed by atoms with Gasteiger partial charge in [0.15, 0.2) is 29.1 Å². The van der Waals surface area contributed by atoms with Crippen LogP contribution in [-0.2, 0) is 75.2 Å². The molecular formula is C67H102N14O13S. The highest BCUT2D eigenvalue weighted by Gasteiger charge is 2.42. The second kappa shape index (κ2) is 41.7. The fourth-order valence-corrected chi connectivity index (χ4v) is 12.5. The molecule has 28 heteroatoms. The quantitative estimate of drug-likeness (QED) is 0.0248. The SMILES string of the molecule is CSCC[C@H](CC(=O)[C@H](CC(C)C)NC(=O)CCC(=O)[C@H](Cc1ccccc1)NC(=O)[C@@H](CC(=O)[C@H](CCC(N)=O)NC(=O)[C@H](CCC(N)=O)CC(=O)[C@@H]1CCCN1C(=O)[C@H](CCCCN)NC(=O)[C@@H]1CCCN1C(=O)[C@@H](N)CCCN=C(N)N)Cc1ccccc1)C(N)=O. The molecule has 2 aromatic rings. The standard InChI is InChI=1S/C67H102N14O13S/c1-41(2)35-50(56(84)38-44(61(72)89)29-34-95-3)76-60(88)28-25-54(82)51(37-43-17-8-5-9-18-43)79-63(91)46(36-42-15-6-4-7-16-42)40-55(83)48(24-27-59(71)87)77-62(90)45(23-26-58(70)86)39-57(85)52-21-13-32-80(52)66(94)49(20-10-11-30-68)78-64(92)53-22-14-33-81(53)65(93)47(69)19-12-31-75-67(73)74/h4-9,15-18,41,44-53H,10-14,19-40,68-69H2,1-3H3,(H2,70,86)(H2,71,87)(H2,72,89)(H,76,88)(H,77,90)(H,78,92)(H,79,91)(H4,73,74,75)/t44-,45-,46-,47+,48+,49+,50+,51+,52+,53+/m1/s1. The largest absolute Gasteiger partial charge is 0.370 e. The molecular weight excluding hydrogens is 1240 g/mol. The topological polar surface area (TPSA) is 471 Å². The van der Waals surface area contributed by atoms with Crippen LogP contribution in [0.5, 0.6) is 0 Å². The van der Waals surface area contributed by atoms with Crippen LogP contribution in [0.4, 0.5) is 0 Å². The zero-order chi connectivity index (χ0) is 70.1. The van der Waals surface area contributed by atoms with Crippen molar-refractivity contribution in [2.75, 3.05) is 38.2 Å². The molecule has 524 valence electrons. The number of guanidine groups is 1. The maximum Gasteiger partial charge on any atom is 0.245 e. The van der Waals surface area contributed by atoms with Gasteiger partial charge in [0.2, 0.25) is 53.2 Å². The Kier molecular flexibility index (Phi) is 34.8. The van der Waals surface area contributed by atoms with Crippen LogP contribution >= 0.6 is 11.8 Å². The summed E-state index contributed by atoms with van der Waals surface area (Å²) >= 11 is 1.51. The number of nitrogens with one attached hydrogen (secondary N) is 4. The van der Waals surface area contributed by atoms with Crippen molar-refractivity contribution in [3.63, 3.8) is 0 Å². The summed E-state index contributed by atoms with van der Waals surface area (Å²) in [7, 11) is 0. The number of ketones is 4. The van der Waals surface area contributed by atoms with Gasteiger partial charge in [-0.05, 0) is 132 Å². The Labute approximate surface area is 561 Å². The number of hydrogen-bond donors (Lipinski definition) is 11. The highest BCUT2D eigenvalue weighted by atomic mass is 32.2. The van der Waals surface area contributed by atoms with Gasteiger partial charge in [-0.25, -0.2) is 0 Å². The number of amides is 9. The van der Waals surface area contributed by atoms with E-state index in [0.717, 1.165) is 0 Å². The molecule has 2 saturated heterocycles. The van der Waals surface area contributed by atoms with Gasteiger partial charge in [-0.2, -0.15) is 11.8 Å². The molecule has 0 bridgehead atoms. The van der Waals surface area contributed by atoms with Crippen molar-refractivity contribution in [3.05, 3.63) is 71.8 Å². The third-order valence-electron chi connectivity index (χ3n) is 17.2. The van der Waals surface area contributed by atoms with E-state index in [1.165, 1.54) is 21.6 Å². The van der Waals surface area contributed by atoms with E-state index in [2.05, 4.69) is 26.3 Å². The highest BCUT2D eigenvalue weighted by Crippen LogP contribution is 2.27. The predicted octanol–water partition coefficient (Wildman–Crippen LogP) is 0.794. The minimum Gasteiger partial charge on any atom is -0.370 e. The molecule has 0 aromatic heterocycles. The predicted molar refractivity (Wildman–Crippen MR) is 360 cm³/mol. The fourth-order valence-electron chi connectivity index (χ4n) is 12.0. The number of carbonyl (C=O) groups excluding carboxylic acids is 13. The van der Waals surface area contributed by atoms with Crippen molar-refractivity contribution >= 4 is 94.0 Å². The Morgan fingerprint density at radius 2 is 1.13 bits per heavy atom. The first-order chi connectivity index (χ1) is 45.2. The van der Waals surface area contributed by atoms with E-state index < -0.39 is 150 Å². The van der Waals surface area contributed by atoms with E-state index in [1.807, 2.05) is 20.1 Å². The molecule has 4 rings (SSSR count). The van der Waals surface area contributed by atoms with Gasteiger partial charge in [0, 0.05) is 82.3 Å². The Hall–Kier alpha value is -8.11. The zero-order valence-corrected chi connectivity index (χ0v) is 56.1. The van der Waals surface area contributed by atoms with Crippen molar-refractivity contribution < 1.29 is 62.3 Å². The van der Waals surface area contributed by atoms with Crippen molar-refractivity contribution in [3.8, 4) is 0 Å². The van der Waals surface area contributed by atoms with Crippen LogP contribution in [0.2, 0.25) is 0 Å². The molecule has 2 fully saturated rings. The minimum atomic E-state index is -1.48. The molecule has 0 aliphatic carbocycles. The number of thioether (sulfide) groups is 1. The molecule has 2 aromatic carbocycles. The molecule has 2 heterocycles. The molecule has 95 heavy (non-hydrogen) atoms. The van der Waals surface area contributed by atoms with E-state index in [9.17, 15) is 62.3 Å². The first-order valence-corrected chi connectivity index (χ1v) is 34.5. The van der Waals surface area contributed by atoms with E-state index in [0.29, 0.717) is 68.4 Å². The maximum absolute atomic E-state index is 14.8. The van der Waals surface area contributed by atoms with Crippen LogP contribution in [-0.4, -0.2) is 173 Å². The summed E-state index contributed by atoms with van der Waals surface area (Å²) < 4.78 is 0. The number of carbonyl (C=O) groups is 13. The van der Waals surface area contributed by atoms with Gasteiger partial charge in [-0.1, -0.05) is 74.5 Å². The van der Waals surface area contributed by atoms with Crippen molar-refractivity contribution in [1.82, 2.24) is 31.1 Å². The number of unbranched alkanes of at least 4 members (excludes halogenated alkanes) is 1. The lowest BCUT2D eigenvalue weighted by Gasteiger charge is -2.31. The molecule has 0 spiro atoms. The van der Waals surface area contributed by atoms with E-state index >= 15 is 0 Å². The second-order valence-corrected chi connectivity index (χ2v) is 26.3. The number of rotatable bonds is 46. The van der Waals surface area contributed by atoms with Gasteiger partial charge in [0.25, 0.3) is 0 Å². The number of hydrogen-bond acceptors (Lipinski definition) is 17. The van der Waals surface area contributed by atoms with Crippen LogP contribution in [0, 0.1) is 23.7 Å². The molecule has 2 aliphatic rings. The second-order valence-electron chi connectivity index (χ2n) is 25.3. The van der Waals surface area contributed by atoms with Crippen LogP contribution in [0.1, 0.15) is 153 Å². The van der Waals surface area contributed by atoms with Gasteiger partial charge in [0.1, 0.15) is 12.1 Å². The van der Waals surface area contributed by atoms with Gasteiger partial charge in [-0.3, -0.25) is 67.3 Å². The molecule has 10 atom stereocenters. The van der Waals surface area contributed by atoms with Gasteiger partial charge < -0.3 is 71.2 Å². The lowest BCUT2D eigenvalue weighted by molar-refractivity contribution is -0.144. The number of likely N-dealkylation sites (tertiary alicyclic amines) is 2. The molecule has 27 nitrogen and oxygen atoms in total. The first-order valence-electron chi connectivity index (χ1n) is 33.1. The zero-order valence-electron chi connectivity index (χ0n) is 55.3. The normalized spacial score (nSPS) is 17.0. The first kappa shape index (κ1) is 79.3. The average Bonchev–Trinajstić information content (AvgIpc) is 1.81. The summed E-state index contributed by atoms with van der Waals surface area (Å²) in [6, 6.07) is 9.80. The Morgan fingerprint density at radius 1 is 0.558 bits per heavy atom. The summed E-state index contributed by atoms with van der Waals surface area (Å²) in [5.41, 5.74) is 41.0. The van der Waals surface area contributed by atoms with E-state index in [4.69, 9.17) is 40.1 Å². The Morgan fingerprint density at radius 3 is 1.72 bits per heavy atom. The molecule has 0 unspecified atom stereocenters. The molecule has 0 radical (unpaired) electrons. The smallest absolute Gasteiger partial charge is 0.245 e. The number of nitrogens with zero attached hydrogens (tertiary/aromatic N) is 3. The summed E-state index contributed by atoms with van der Waals surface area (Å²) in [4.78, 5) is 186. The number of primary amides is 3. The summed E-state index contributed by atoms with van der Waals surface area (Å²) in [5.74, 6) is -10.9. The van der Waals surface area contributed by atoms with Crippen LogP contribution in [0.3, 0.4) is 0 Å². The lowest BCUT2D eigenvalue weighted by atomic mass is 9.88. The van der Waals surface area contributed by atoms with Crippen molar-refractivity contribution in [1.29, 1.82) is 0 Å². The minimum absolute atomic E-state index is 0.0103. The molecule has 0 saturated carbocycles. The van der Waals surface area contributed by atoms with Gasteiger partial charge in [-0.15, -0.1) is 0 Å². The lowest BCUT2D eigenvalue weighted by Crippen LogP contribution is -2.56. The summed E-state index contributed by atoms with van der Waals surface area (Å²) in [5, 5.41) is 11.1. The highest BCUT2D eigenvalue weighted by molar-refractivity contribution is 7.98. The number of benzene rings is 2. The third-order valence-corrected chi connectivity index (χ3v) is 17.9. The number of Topliss-reactive ketones (excluding diaryl/α,β-unsaturated/α-hetero) is 4. The Bertz CT molecular complexity index is 2950. The van der Waals surface area contributed by atoms with Crippen LogP contribution < -0.4 is 61.4 Å². The summed E-state index contributed by atoms with van der Waals surface area (Å²) in [6.07, 6.45) is 2.37. The van der Waals surface area contributed by atoms with E-state index in [-0.39, 0.29) is 114 Å². The number of aliphatic imine (C=N–C) groups is 1. The van der Waals surface area contributed by atoms with Gasteiger partial charge in [0.05, 0.1) is 30.2 Å². The van der Waals surface area contributed by atoms with Gasteiger partial charge >= 0.3 is 0 Å². The molecule has 2 aliphatic heterocycles. The Balaban J connectivity index is 1.56. The van der Waals surface area contributed by atoms with Crippen LogP contribution in [0.15, 0.2) is 65.7 Å². The monoisotopic (exact) mass is 1340 g/mol. The maximum atomic E-state index is 14.8. The molecule has 18 N–H and O–H groups in total. The van der Waals surface area contributed by atoms with E-state index in [1.54, 1.807) is 60.7 Å². The van der Waals surface area contributed by atoms with Crippen molar-refractivity contribution in [2.24, 2.45) is 68.8 Å². The summed E-state index contributed by atoms with van der Waals surface area (Å²) in [6.45, 7) is 4.71. The fraction of sp³-hybridized carbons (Fsp3) is 0.612. The third kappa shape index (κ3) is 28.0. The average molecular weight is 1340 g/mol. The van der Waals surface area contributed by atoms with Crippen LogP contribution in [0.25, 0.3) is 0 Å².